The highest BCUT2D eigenvalue weighted by molar-refractivity contribution is 5.79. The quantitative estimate of drug-likeness (QED) is 0.817. The fourth-order valence-electron chi connectivity index (χ4n) is 3.40. The third kappa shape index (κ3) is 3.01. The SMILES string of the molecule is CCN(C(=O)[C@H]1CCN[C@@H](C)C1)C1CCCC1. The molecule has 0 bridgehead atoms. The van der Waals surface area contributed by atoms with E-state index in [1.807, 2.05) is 0 Å². The van der Waals surface area contributed by atoms with Crippen molar-refractivity contribution in [2.45, 2.75) is 64.5 Å². The molecular formula is C14H26N2O. The molecule has 0 aromatic rings. The van der Waals surface area contributed by atoms with Gasteiger partial charge in [0.15, 0.2) is 0 Å². The summed E-state index contributed by atoms with van der Waals surface area (Å²) in [6, 6.07) is 1.04. The lowest BCUT2D eigenvalue weighted by molar-refractivity contribution is -0.138. The average Bonchev–Trinajstić information content (AvgIpc) is 2.83. The van der Waals surface area contributed by atoms with Crippen molar-refractivity contribution in [2.75, 3.05) is 13.1 Å². The van der Waals surface area contributed by atoms with Crippen LogP contribution in [0.3, 0.4) is 0 Å². The molecule has 2 atom stereocenters. The van der Waals surface area contributed by atoms with Crippen LogP contribution >= 0.6 is 0 Å². The number of rotatable bonds is 3. The van der Waals surface area contributed by atoms with Crippen molar-refractivity contribution in [1.82, 2.24) is 10.2 Å². The molecule has 1 aliphatic heterocycles. The minimum absolute atomic E-state index is 0.270. The van der Waals surface area contributed by atoms with Gasteiger partial charge in [0.25, 0.3) is 0 Å². The molecule has 0 aromatic heterocycles. The molecule has 1 saturated carbocycles. The summed E-state index contributed by atoms with van der Waals surface area (Å²) in [6.07, 6.45) is 7.09. The fourth-order valence-corrected chi connectivity index (χ4v) is 3.40. The summed E-state index contributed by atoms with van der Waals surface area (Å²) in [6.45, 7) is 6.20. The summed E-state index contributed by atoms with van der Waals surface area (Å²) in [5.41, 5.74) is 0. The van der Waals surface area contributed by atoms with Gasteiger partial charge in [0.1, 0.15) is 0 Å². The Morgan fingerprint density at radius 3 is 2.59 bits per heavy atom. The lowest BCUT2D eigenvalue weighted by atomic mass is 9.91. The summed E-state index contributed by atoms with van der Waals surface area (Å²) in [4.78, 5) is 14.7. The molecule has 1 amide bonds. The van der Waals surface area contributed by atoms with Crippen LogP contribution in [-0.2, 0) is 4.79 Å². The van der Waals surface area contributed by atoms with E-state index in [0.717, 1.165) is 25.9 Å². The Labute approximate surface area is 105 Å². The van der Waals surface area contributed by atoms with Crippen LogP contribution in [0.25, 0.3) is 0 Å². The van der Waals surface area contributed by atoms with E-state index < -0.39 is 0 Å². The third-order valence-electron chi connectivity index (χ3n) is 4.36. The maximum Gasteiger partial charge on any atom is 0.226 e. The van der Waals surface area contributed by atoms with E-state index in [1.54, 1.807) is 0 Å². The van der Waals surface area contributed by atoms with E-state index in [-0.39, 0.29) is 5.92 Å². The van der Waals surface area contributed by atoms with E-state index in [2.05, 4.69) is 24.1 Å². The molecule has 1 N–H and O–H groups in total. The van der Waals surface area contributed by atoms with E-state index in [1.165, 1.54) is 25.7 Å². The molecule has 0 unspecified atom stereocenters. The molecule has 0 spiro atoms. The Balaban J connectivity index is 1.95. The zero-order valence-corrected chi connectivity index (χ0v) is 11.2. The van der Waals surface area contributed by atoms with E-state index in [0.29, 0.717) is 18.0 Å². The maximum absolute atomic E-state index is 12.6. The Morgan fingerprint density at radius 2 is 2.00 bits per heavy atom. The number of carbonyl (C=O) groups is 1. The number of nitrogens with one attached hydrogen (secondary N) is 1. The van der Waals surface area contributed by atoms with Crippen LogP contribution in [0.5, 0.6) is 0 Å². The molecule has 1 heterocycles. The van der Waals surface area contributed by atoms with E-state index in [4.69, 9.17) is 0 Å². The molecular weight excluding hydrogens is 212 g/mol. The molecule has 98 valence electrons. The summed E-state index contributed by atoms with van der Waals surface area (Å²) < 4.78 is 0. The van der Waals surface area contributed by atoms with Gasteiger partial charge < -0.3 is 10.2 Å². The molecule has 3 nitrogen and oxygen atoms in total. The first-order valence-electron chi connectivity index (χ1n) is 7.26. The number of amides is 1. The van der Waals surface area contributed by atoms with Crippen molar-refractivity contribution in [2.24, 2.45) is 5.92 Å². The largest absolute Gasteiger partial charge is 0.340 e. The predicted octanol–water partition coefficient (Wildman–Crippen LogP) is 2.17. The molecule has 2 rings (SSSR count). The highest BCUT2D eigenvalue weighted by Gasteiger charge is 2.32. The Kier molecular flexibility index (Phi) is 4.43. The zero-order chi connectivity index (χ0) is 12.3. The lowest BCUT2D eigenvalue weighted by Gasteiger charge is -2.34. The monoisotopic (exact) mass is 238 g/mol. The summed E-state index contributed by atoms with van der Waals surface area (Å²) in [5.74, 6) is 0.694. The highest BCUT2D eigenvalue weighted by Crippen LogP contribution is 2.27. The summed E-state index contributed by atoms with van der Waals surface area (Å²) in [7, 11) is 0. The molecule has 0 aromatic carbocycles. The van der Waals surface area contributed by atoms with E-state index >= 15 is 0 Å². The Hall–Kier alpha value is -0.570. The van der Waals surface area contributed by atoms with Gasteiger partial charge in [0.2, 0.25) is 5.91 Å². The van der Waals surface area contributed by atoms with Gasteiger partial charge in [-0.15, -0.1) is 0 Å². The predicted molar refractivity (Wildman–Crippen MR) is 69.8 cm³/mol. The van der Waals surface area contributed by atoms with Crippen molar-refractivity contribution in [1.29, 1.82) is 0 Å². The van der Waals surface area contributed by atoms with Gasteiger partial charge in [-0.1, -0.05) is 12.8 Å². The molecule has 0 radical (unpaired) electrons. The minimum atomic E-state index is 0.270. The molecule has 1 aliphatic carbocycles. The number of piperidine rings is 1. The summed E-state index contributed by atoms with van der Waals surface area (Å²) in [5, 5.41) is 3.42. The van der Waals surface area contributed by atoms with Crippen LogP contribution in [0.4, 0.5) is 0 Å². The molecule has 3 heteroatoms. The number of hydrogen-bond acceptors (Lipinski definition) is 2. The van der Waals surface area contributed by atoms with Crippen molar-refractivity contribution >= 4 is 5.91 Å². The maximum atomic E-state index is 12.6. The minimum Gasteiger partial charge on any atom is -0.340 e. The second-order valence-electron chi connectivity index (χ2n) is 5.64. The first kappa shape index (κ1) is 12.9. The number of hydrogen-bond donors (Lipinski definition) is 1. The van der Waals surface area contributed by atoms with Crippen LogP contribution in [-0.4, -0.2) is 36.0 Å². The Bertz CT molecular complexity index is 261. The van der Waals surface area contributed by atoms with Crippen LogP contribution in [0, 0.1) is 5.92 Å². The van der Waals surface area contributed by atoms with Crippen molar-refractivity contribution in [3.63, 3.8) is 0 Å². The van der Waals surface area contributed by atoms with Crippen LogP contribution in [0.15, 0.2) is 0 Å². The molecule has 2 aliphatic rings. The van der Waals surface area contributed by atoms with Gasteiger partial charge >= 0.3 is 0 Å². The van der Waals surface area contributed by atoms with Crippen molar-refractivity contribution in [3.05, 3.63) is 0 Å². The molecule has 2 fully saturated rings. The van der Waals surface area contributed by atoms with Crippen LogP contribution < -0.4 is 5.32 Å². The number of nitrogens with zero attached hydrogens (tertiary/aromatic N) is 1. The first-order valence-corrected chi connectivity index (χ1v) is 7.26. The van der Waals surface area contributed by atoms with Gasteiger partial charge in [0.05, 0.1) is 0 Å². The second kappa shape index (κ2) is 5.85. The smallest absolute Gasteiger partial charge is 0.226 e. The Morgan fingerprint density at radius 1 is 1.29 bits per heavy atom. The third-order valence-corrected chi connectivity index (χ3v) is 4.36. The van der Waals surface area contributed by atoms with Crippen molar-refractivity contribution in [3.8, 4) is 0 Å². The first-order chi connectivity index (χ1) is 8.22. The average molecular weight is 238 g/mol. The fraction of sp³-hybridized carbons (Fsp3) is 0.929. The van der Waals surface area contributed by atoms with Crippen molar-refractivity contribution < 1.29 is 4.79 Å². The highest BCUT2D eigenvalue weighted by atomic mass is 16.2. The normalized spacial score (nSPS) is 30.5. The van der Waals surface area contributed by atoms with Crippen LogP contribution in [0.2, 0.25) is 0 Å². The van der Waals surface area contributed by atoms with E-state index in [9.17, 15) is 4.79 Å². The number of carbonyl (C=O) groups excluding carboxylic acids is 1. The summed E-state index contributed by atoms with van der Waals surface area (Å²) >= 11 is 0. The van der Waals surface area contributed by atoms with Gasteiger partial charge in [-0.3, -0.25) is 4.79 Å². The van der Waals surface area contributed by atoms with Gasteiger partial charge in [-0.05, 0) is 46.1 Å². The van der Waals surface area contributed by atoms with Crippen LogP contribution in [0.1, 0.15) is 52.4 Å². The van der Waals surface area contributed by atoms with Gasteiger partial charge in [0, 0.05) is 24.5 Å². The molecule has 17 heavy (non-hydrogen) atoms. The van der Waals surface area contributed by atoms with Gasteiger partial charge in [-0.25, -0.2) is 0 Å². The molecule has 1 saturated heterocycles. The second-order valence-corrected chi connectivity index (χ2v) is 5.64. The standard InChI is InChI=1S/C14H26N2O/c1-3-16(13-6-4-5-7-13)14(17)12-8-9-15-11(2)10-12/h11-13,15H,3-10H2,1-2H3/t11-,12-/m0/s1. The lowest BCUT2D eigenvalue weighted by Crippen LogP contribution is -2.47. The zero-order valence-electron chi connectivity index (χ0n) is 11.2. The topological polar surface area (TPSA) is 32.3 Å². The van der Waals surface area contributed by atoms with Gasteiger partial charge in [-0.2, -0.15) is 0 Å².